The Kier molecular flexibility index (Phi) is 4.86. The molecular weight excluding hydrogens is 433 g/mol. The zero-order chi connectivity index (χ0) is 22.7. The van der Waals surface area contributed by atoms with Gasteiger partial charge in [0, 0.05) is 25.9 Å². The number of morpholine rings is 1. The van der Waals surface area contributed by atoms with Crippen LogP contribution in [0, 0.1) is 10.6 Å². The van der Waals surface area contributed by atoms with Gasteiger partial charge in [0.25, 0.3) is 0 Å². The Labute approximate surface area is 186 Å². The number of fused-ring (bicyclic) bond motifs is 1. The molecule has 1 saturated carbocycles. The van der Waals surface area contributed by atoms with E-state index < -0.39 is 20.3 Å². The van der Waals surface area contributed by atoms with Crippen molar-refractivity contribution in [2.75, 3.05) is 43.3 Å². The second-order valence-corrected chi connectivity index (χ2v) is 11.0. The van der Waals surface area contributed by atoms with Gasteiger partial charge in [-0.05, 0) is 31.9 Å². The molecule has 0 spiro atoms. The lowest BCUT2D eigenvalue weighted by atomic mass is 10.2. The molecule has 11 heteroatoms. The molecule has 1 saturated heterocycles. The number of benzene rings is 1. The van der Waals surface area contributed by atoms with E-state index in [1.807, 2.05) is 6.07 Å². The van der Waals surface area contributed by atoms with Gasteiger partial charge in [-0.15, -0.1) is 0 Å². The topological polar surface area (TPSA) is 109 Å². The Morgan fingerprint density at radius 1 is 1.31 bits per heavy atom. The second kappa shape index (κ2) is 7.38. The van der Waals surface area contributed by atoms with E-state index in [0.29, 0.717) is 61.5 Å². The third-order valence-electron chi connectivity index (χ3n) is 6.34. The van der Waals surface area contributed by atoms with Gasteiger partial charge in [-0.2, -0.15) is 4.98 Å². The van der Waals surface area contributed by atoms with Gasteiger partial charge in [0.1, 0.15) is 11.3 Å². The Bertz CT molecular complexity index is 1300. The lowest BCUT2D eigenvalue weighted by Gasteiger charge is -2.34. The number of halogens is 1. The number of hydrogen-bond acceptors (Lipinski definition) is 8. The highest BCUT2D eigenvalue weighted by Gasteiger charge is 2.53. The predicted octanol–water partition coefficient (Wildman–Crippen LogP) is 2.89. The van der Waals surface area contributed by atoms with Gasteiger partial charge in [-0.25, -0.2) is 23.1 Å². The number of hydrogen-bond donors (Lipinski definition) is 2. The van der Waals surface area contributed by atoms with Crippen LogP contribution in [0.2, 0.25) is 0 Å². The van der Waals surface area contributed by atoms with Crippen molar-refractivity contribution in [1.29, 1.82) is 4.78 Å². The van der Waals surface area contributed by atoms with Gasteiger partial charge in [-0.1, -0.05) is 6.07 Å². The number of rotatable bonds is 5. The summed E-state index contributed by atoms with van der Waals surface area (Å²) < 4.78 is 42.1. The summed E-state index contributed by atoms with van der Waals surface area (Å²) in [6.45, 7) is 3.87. The van der Waals surface area contributed by atoms with E-state index in [1.165, 1.54) is 12.3 Å². The summed E-state index contributed by atoms with van der Waals surface area (Å²) in [5.41, 5.74) is 1.33. The van der Waals surface area contributed by atoms with E-state index in [1.54, 1.807) is 23.7 Å². The first-order chi connectivity index (χ1) is 15.2. The minimum atomic E-state index is -2.89. The van der Waals surface area contributed by atoms with Crippen LogP contribution in [0.15, 0.2) is 24.3 Å². The van der Waals surface area contributed by atoms with E-state index in [4.69, 9.17) is 19.5 Å². The Morgan fingerprint density at radius 2 is 2.09 bits per heavy atom. The summed E-state index contributed by atoms with van der Waals surface area (Å²) in [5.74, 6) is 0.952. The highest BCUT2D eigenvalue weighted by Crippen LogP contribution is 2.52. The fraction of sp³-hybridized carbons (Fsp3) is 0.476. The van der Waals surface area contributed by atoms with Crippen LogP contribution in [0.4, 0.5) is 16.2 Å². The molecule has 2 aromatic heterocycles. The van der Waals surface area contributed by atoms with Crippen LogP contribution in [0.25, 0.3) is 17.0 Å². The molecular formula is C21H26FN7O2S. The maximum absolute atomic E-state index is 14.5. The minimum Gasteiger partial charge on any atom is -0.377 e. The number of nitrogens with zero attached hydrogens (tertiary/aromatic N) is 5. The fourth-order valence-electron chi connectivity index (χ4n) is 4.36. The summed E-state index contributed by atoms with van der Waals surface area (Å²) >= 11 is 0. The molecule has 5 rings (SSSR count). The zero-order valence-corrected chi connectivity index (χ0v) is 19.1. The SMILES string of the molecule is CNc1nc2c(F)cccc2n1-c1nc(N2CCOC[C@H]2C)cc(C2([S@@](C)(=N)=O)CC2)n1. The predicted molar refractivity (Wildman–Crippen MR) is 121 cm³/mol. The number of aromatic nitrogens is 4. The maximum Gasteiger partial charge on any atom is 0.239 e. The summed E-state index contributed by atoms with van der Waals surface area (Å²) in [7, 11) is -1.19. The molecule has 0 radical (unpaired) electrons. The van der Waals surface area contributed by atoms with Crippen LogP contribution in [-0.2, 0) is 19.2 Å². The Morgan fingerprint density at radius 3 is 2.75 bits per heavy atom. The van der Waals surface area contributed by atoms with Crippen molar-refractivity contribution in [3.05, 3.63) is 35.8 Å². The number of nitrogens with one attached hydrogen (secondary N) is 2. The van der Waals surface area contributed by atoms with Crippen molar-refractivity contribution in [3.63, 3.8) is 0 Å². The summed E-state index contributed by atoms with van der Waals surface area (Å²) in [6.07, 6.45) is 2.75. The number of anilines is 2. The van der Waals surface area contributed by atoms with Crippen LogP contribution in [0.1, 0.15) is 25.5 Å². The van der Waals surface area contributed by atoms with Crippen molar-refractivity contribution >= 4 is 32.5 Å². The lowest BCUT2D eigenvalue weighted by Crippen LogP contribution is -2.44. The molecule has 0 unspecified atom stereocenters. The first-order valence-corrected chi connectivity index (χ1v) is 12.5. The van der Waals surface area contributed by atoms with Crippen molar-refractivity contribution in [3.8, 4) is 5.95 Å². The first-order valence-electron chi connectivity index (χ1n) is 10.6. The smallest absolute Gasteiger partial charge is 0.239 e. The summed E-state index contributed by atoms with van der Waals surface area (Å²) in [4.78, 5) is 16.1. The molecule has 0 amide bonds. The van der Waals surface area contributed by atoms with Crippen LogP contribution in [0.5, 0.6) is 0 Å². The van der Waals surface area contributed by atoms with Crippen molar-refractivity contribution in [1.82, 2.24) is 19.5 Å². The van der Waals surface area contributed by atoms with E-state index in [9.17, 15) is 8.60 Å². The van der Waals surface area contributed by atoms with Crippen molar-refractivity contribution in [2.45, 2.75) is 30.6 Å². The minimum absolute atomic E-state index is 0.0947. The molecule has 0 bridgehead atoms. The van der Waals surface area contributed by atoms with Crippen LogP contribution in [-0.4, -0.2) is 62.8 Å². The van der Waals surface area contributed by atoms with E-state index in [0.717, 1.165) is 0 Å². The molecule has 1 aliphatic heterocycles. The van der Waals surface area contributed by atoms with E-state index in [-0.39, 0.29) is 11.6 Å². The van der Waals surface area contributed by atoms with Gasteiger partial charge in [0.15, 0.2) is 5.82 Å². The highest BCUT2D eigenvalue weighted by molar-refractivity contribution is 7.92. The lowest BCUT2D eigenvalue weighted by molar-refractivity contribution is 0.0985. The van der Waals surface area contributed by atoms with Crippen LogP contribution >= 0.6 is 0 Å². The molecule has 2 atom stereocenters. The molecule has 2 N–H and O–H groups in total. The molecule has 9 nitrogen and oxygen atoms in total. The zero-order valence-electron chi connectivity index (χ0n) is 18.3. The normalized spacial score (nSPS) is 22.0. The molecule has 1 aromatic carbocycles. The highest BCUT2D eigenvalue weighted by atomic mass is 32.2. The monoisotopic (exact) mass is 459 g/mol. The third-order valence-corrected chi connectivity index (χ3v) is 8.45. The van der Waals surface area contributed by atoms with Crippen molar-refractivity contribution in [2.24, 2.45) is 0 Å². The largest absolute Gasteiger partial charge is 0.377 e. The summed E-state index contributed by atoms with van der Waals surface area (Å²) in [5, 5.41) is 3.00. The standard InChI is InChI=1S/C21H26FN7O2S/c1-13-12-31-10-9-28(13)17-11-16(21(7-8-21)32(3,23)30)25-20(26-17)29-15-6-4-5-14(22)18(15)27-19(29)24-2/h4-6,11,13,23H,7-10,12H2,1-3H3,(H,24,27)/t13-,32+/m1/s1. The maximum atomic E-state index is 14.5. The molecule has 170 valence electrons. The fourth-order valence-corrected chi connectivity index (χ4v) is 5.75. The quantitative estimate of drug-likeness (QED) is 0.604. The van der Waals surface area contributed by atoms with Gasteiger partial charge in [-0.3, -0.25) is 4.78 Å². The first kappa shape index (κ1) is 21.1. The van der Waals surface area contributed by atoms with Gasteiger partial charge >= 0.3 is 0 Å². The van der Waals surface area contributed by atoms with E-state index >= 15 is 0 Å². The number of imidazole rings is 1. The molecule has 32 heavy (non-hydrogen) atoms. The average molecular weight is 460 g/mol. The molecule has 1 aliphatic carbocycles. The molecule has 3 heterocycles. The number of para-hydroxylation sites is 1. The average Bonchev–Trinajstić information content (AvgIpc) is 3.50. The Balaban J connectivity index is 1.76. The van der Waals surface area contributed by atoms with Crippen LogP contribution < -0.4 is 10.2 Å². The number of ether oxygens (including phenoxy) is 1. The van der Waals surface area contributed by atoms with Gasteiger partial charge < -0.3 is 15.0 Å². The van der Waals surface area contributed by atoms with Gasteiger partial charge in [0.2, 0.25) is 11.9 Å². The second-order valence-electron chi connectivity index (χ2n) is 8.50. The summed E-state index contributed by atoms with van der Waals surface area (Å²) in [6, 6.07) is 6.70. The van der Waals surface area contributed by atoms with Crippen molar-refractivity contribution < 1.29 is 13.3 Å². The third kappa shape index (κ3) is 3.22. The Hall–Kier alpha value is -2.79. The van der Waals surface area contributed by atoms with Gasteiger partial charge in [0.05, 0.1) is 44.9 Å². The molecule has 2 aliphatic rings. The van der Waals surface area contributed by atoms with E-state index in [2.05, 4.69) is 22.1 Å². The molecule has 2 fully saturated rings. The van der Waals surface area contributed by atoms with Crippen LogP contribution in [0.3, 0.4) is 0 Å². The molecule has 3 aromatic rings.